The van der Waals surface area contributed by atoms with Crippen molar-refractivity contribution in [3.05, 3.63) is 71.8 Å². The Labute approximate surface area is 125 Å². The number of terminal acetylenes is 1. The van der Waals surface area contributed by atoms with Gasteiger partial charge in [-0.25, -0.2) is 4.79 Å². The molecule has 21 heavy (non-hydrogen) atoms. The number of alkyl carbamates (subject to hydrolysis) is 1. The van der Waals surface area contributed by atoms with Gasteiger partial charge in [0.05, 0.1) is 0 Å². The van der Waals surface area contributed by atoms with E-state index < -0.39 is 11.7 Å². The summed E-state index contributed by atoms with van der Waals surface area (Å²) in [6.07, 6.45) is 5.22. The highest BCUT2D eigenvalue weighted by atomic mass is 16.6. The van der Waals surface area contributed by atoms with Crippen LogP contribution in [-0.2, 0) is 10.3 Å². The smallest absolute Gasteiger partial charge is 0.409 e. The minimum absolute atomic E-state index is 0.475. The molecule has 0 saturated heterocycles. The highest BCUT2D eigenvalue weighted by molar-refractivity contribution is 5.69. The van der Waals surface area contributed by atoms with E-state index in [-0.39, 0.29) is 0 Å². The van der Waals surface area contributed by atoms with E-state index in [4.69, 9.17) is 11.2 Å². The third kappa shape index (κ3) is 3.06. The molecule has 1 amide bonds. The zero-order valence-corrected chi connectivity index (χ0v) is 11.9. The first kappa shape index (κ1) is 14.7. The molecule has 0 saturated carbocycles. The van der Waals surface area contributed by atoms with Crippen molar-refractivity contribution >= 4 is 6.09 Å². The monoisotopic (exact) mass is 279 g/mol. The maximum atomic E-state index is 11.9. The van der Waals surface area contributed by atoms with Gasteiger partial charge < -0.3 is 10.1 Å². The Hall–Kier alpha value is -2.73. The Morgan fingerprint density at radius 3 is 1.95 bits per heavy atom. The van der Waals surface area contributed by atoms with Gasteiger partial charge in [0.1, 0.15) is 0 Å². The van der Waals surface area contributed by atoms with Gasteiger partial charge in [0.15, 0.2) is 0 Å². The SMILES string of the molecule is C#CC(OC(=O)NCC)(c1ccccc1)c1ccccc1. The third-order valence-electron chi connectivity index (χ3n) is 3.13. The number of hydrogen-bond acceptors (Lipinski definition) is 2. The van der Waals surface area contributed by atoms with Gasteiger partial charge in [0, 0.05) is 17.7 Å². The van der Waals surface area contributed by atoms with Gasteiger partial charge in [0.25, 0.3) is 0 Å². The van der Waals surface area contributed by atoms with Gasteiger partial charge in [0.2, 0.25) is 5.60 Å². The fraction of sp³-hybridized carbons (Fsp3) is 0.167. The molecule has 0 atom stereocenters. The number of nitrogens with one attached hydrogen (secondary N) is 1. The molecule has 106 valence electrons. The van der Waals surface area contributed by atoms with Gasteiger partial charge >= 0.3 is 6.09 Å². The van der Waals surface area contributed by atoms with Crippen molar-refractivity contribution in [3.63, 3.8) is 0 Å². The van der Waals surface area contributed by atoms with E-state index in [9.17, 15) is 4.79 Å². The van der Waals surface area contributed by atoms with Gasteiger partial charge in [-0.05, 0) is 12.8 Å². The number of hydrogen-bond donors (Lipinski definition) is 1. The lowest BCUT2D eigenvalue weighted by Gasteiger charge is -2.29. The standard InChI is InChI=1S/C18H17NO2/c1-3-18(21-17(20)19-4-2,15-11-7-5-8-12-15)16-13-9-6-10-14-16/h1,5-14H,4H2,2H3,(H,19,20). The number of benzene rings is 2. The Bertz CT molecular complexity index is 590. The fourth-order valence-corrected chi connectivity index (χ4v) is 2.15. The first-order chi connectivity index (χ1) is 10.2. The summed E-state index contributed by atoms with van der Waals surface area (Å²) in [7, 11) is 0. The van der Waals surface area contributed by atoms with E-state index in [1.165, 1.54) is 0 Å². The quantitative estimate of drug-likeness (QED) is 0.872. The van der Waals surface area contributed by atoms with Crippen LogP contribution in [0, 0.1) is 12.3 Å². The second-order valence-electron chi connectivity index (χ2n) is 4.48. The maximum absolute atomic E-state index is 11.9. The summed E-state index contributed by atoms with van der Waals surface area (Å²) >= 11 is 0. The van der Waals surface area contributed by atoms with Gasteiger partial charge in [-0.3, -0.25) is 0 Å². The van der Waals surface area contributed by atoms with Crippen LogP contribution in [0.2, 0.25) is 0 Å². The summed E-state index contributed by atoms with van der Waals surface area (Å²) in [6.45, 7) is 2.30. The molecular weight excluding hydrogens is 262 g/mol. The van der Waals surface area contributed by atoms with E-state index in [0.717, 1.165) is 11.1 Å². The zero-order chi connectivity index (χ0) is 15.1. The summed E-state index contributed by atoms with van der Waals surface area (Å²) in [6, 6.07) is 18.7. The van der Waals surface area contributed by atoms with Crippen molar-refractivity contribution in [2.75, 3.05) is 6.54 Å². The lowest BCUT2D eigenvalue weighted by Crippen LogP contribution is -2.37. The van der Waals surface area contributed by atoms with E-state index in [1.807, 2.05) is 67.6 Å². The van der Waals surface area contributed by atoms with Crippen LogP contribution in [0.4, 0.5) is 4.79 Å². The molecule has 0 unspecified atom stereocenters. The normalized spacial score (nSPS) is 10.5. The van der Waals surface area contributed by atoms with Crippen LogP contribution in [0.5, 0.6) is 0 Å². The van der Waals surface area contributed by atoms with Crippen LogP contribution < -0.4 is 5.32 Å². The van der Waals surface area contributed by atoms with Crippen molar-refractivity contribution in [1.82, 2.24) is 5.32 Å². The lowest BCUT2D eigenvalue weighted by atomic mass is 9.87. The summed E-state index contributed by atoms with van der Waals surface area (Å²) in [5, 5.41) is 2.62. The van der Waals surface area contributed by atoms with Crippen molar-refractivity contribution in [1.29, 1.82) is 0 Å². The molecule has 2 rings (SSSR count). The molecule has 0 aliphatic rings. The molecule has 0 radical (unpaired) electrons. The Kier molecular flexibility index (Phi) is 4.63. The number of amides is 1. The predicted molar refractivity (Wildman–Crippen MR) is 82.7 cm³/mol. The molecule has 0 aliphatic heterocycles. The topological polar surface area (TPSA) is 38.3 Å². The van der Waals surface area contributed by atoms with Crippen LogP contribution in [0.15, 0.2) is 60.7 Å². The number of carbonyl (C=O) groups is 1. The summed E-state index contributed by atoms with van der Waals surface area (Å²) < 4.78 is 5.61. The zero-order valence-electron chi connectivity index (χ0n) is 11.9. The minimum Gasteiger partial charge on any atom is -0.421 e. The van der Waals surface area contributed by atoms with Crippen molar-refractivity contribution in [2.45, 2.75) is 12.5 Å². The molecular formula is C18H17NO2. The molecule has 0 fully saturated rings. The summed E-state index contributed by atoms with van der Waals surface area (Å²) in [5.74, 6) is 2.65. The highest BCUT2D eigenvalue weighted by Crippen LogP contribution is 2.33. The van der Waals surface area contributed by atoms with Crippen LogP contribution in [0.25, 0.3) is 0 Å². The van der Waals surface area contributed by atoms with Gasteiger partial charge in [-0.1, -0.05) is 60.7 Å². The lowest BCUT2D eigenvalue weighted by molar-refractivity contribution is 0.0786. The maximum Gasteiger partial charge on any atom is 0.409 e. The van der Waals surface area contributed by atoms with Crippen LogP contribution in [-0.4, -0.2) is 12.6 Å². The number of rotatable bonds is 4. The fourth-order valence-electron chi connectivity index (χ4n) is 2.15. The Balaban J connectivity index is 2.53. The molecule has 1 N–H and O–H groups in total. The van der Waals surface area contributed by atoms with Crippen molar-refractivity contribution in [2.24, 2.45) is 0 Å². The third-order valence-corrected chi connectivity index (χ3v) is 3.13. The minimum atomic E-state index is -1.23. The number of carbonyl (C=O) groups excluding carboxylic acids is 1. The first-order valence-corrected chi connectivity index (χ1v) is 6.78. The average Bonchev–Trinajstić information content (AvgIpc) is 2.54. The van der Waals surface area contributed by atoms with Crippen molar-refractivity contribution in [3.8, 4) is 12.3 Å². The van der Waals surface area contributed by atoms with E-state index in [2.05, 4.69) is 11.2 Å². The van der Waals surface area contributed by atoms with Crippen LogP contribution >= 0.6 is 0 Å². The van der Waals surface area contributed by atoms with Crippen LogP contribution in [0.1, 0.15) is 18.1 Å². The first-order valence-electron chi connectivity index (χ1n) is 6.78. The molecule has 3 nitrogen and oxygen atoms in total. The molecule has 3 heteroatoms. The molecule has 0 bridgehead atoms. The summed E-state index contributed by atoms with van der Waals surface area (Å²) in [5.41, 5.74) is 0.247. The highest BCUT2D eigenvalue weighted by Gasteiger charge is 2.36. The largest absolute Gasteiger partial charge is 0.421 e. The summed E-state index contributed by atoms with van der Waals surface area (Å²) in [4.78, 5) is 11.9. The van der Waals surface area contributed by atoms with Crippen molar-refractivity contribution < 1.29 is 9.53 Å². The molecule has 2 aromatic carbocycles. The van der Waals surface area contributed by atoms with E-state index in [1.54, 1.807) is 0 Å². The molecule has 0 aliphatic carbocycles. The Morgan fingerprint density at radius 2 is 1.57 bits per heavy atom. The number of ether oxygens (including phenoxy) is 1. The molecule has 0 heterocycles. The molecule has 0 aromatic heterocycles. The van der Waals surface area contributed by atoms with Gasteiger partial charge in [-0.15, -0.1) is 6.42 Å². The predicted octanol–water partition coefficient (Wildman–Crippen LogP) is 3.31. The van der Waals surface area contributed by atoms with E-state index >= 15 is 0 Å². The second kappa shape index (κ2) is 6.62. The van der Waals surface area contributed by atoms with Crippen LogP contribution in [0.3, 0.4) is 0 Å². The molecule has 0 spiro atoms. The molecule has 2 aromatic rings. The van der Waals surface area contributed by atoms with E-state index in [0.29, 0.717) is 6.54 Å². The average molecular weight is 279 g/mol. The van der Waals surface area contributed by atoms with Gasteiger partial charge in [-0.2, -0.15) is 0 Å². The Morgan fingerprint density at radius 1 is 1.10 bits per heavy atom. The second-order valence-corrected chi connectivity index (χ2v) is 4.48.